The monoisotopic (exact) mass is 506 g/mol. The van der Waals surface area contributed by atoms with Gasteiger partial charge in [-0.1, -0.05) is 41.6 Å². The Morgan fingerprint density at radius 1 is 1.23 bits per heavy atom. The van der Waals surface area contributed by atoms with Gasteiger partial charge in [-0.15, -0.1) is 0 Å². The fourth-order valence-corrected chi connectivity index (χ4v) is 5.21. The summed E-state index contributed by atoms with van der Waals surface area (Å²) in [7, 11) is 2.06. The average Bonchev–Trinajstić information content (AvgIpc) is 3.34. The zero-order chi connectivity index (χ0) is 24.4. The molecule has 0 saturated carbocycles. The van der Waals surface area contributed by atoms with Crippen LogP contribution in [0.1, 0.15) is 22.4 Å². The van der Waals surface area contributed by atoms with Crippen molar-refractivity contribution in [3.63, 3.8) is 0 Å². The largest absolute Gasteiger partial charge is 0.454 e. The fourth-order valence-electron chi connectivity index (χ4n) is 4.25. The number of ether oxygens (including phenoxy) is 2. The SMILES string of the molecule is CN1CCc2nc(SCC(=O)NCc3ccc4c(c3)OCO4)c(C#N)c(-c3ccc(Cl)cc3)c2C1. The second kappa shape index (κ2) is 10.2. The number of likely N-dealkylation sites (N-methyl/N-ethyl adjacent to an activating group) is 1. The summed E-state index contributed by atoms with van der Waals surface area (Å²) in [6, 6.07) is 15.5. The minimum atomic E-state index is -0.135. The molecule has 0 spiro atoms. The van der Waals surface area contributed by atoms with Crippen LogP contribution in [0, 0.1) is 11.3 Å². The first kappa shape index (κ1) is 23.5. The number of halogens is 1. The molecule has 0 bridgehead atoms. The van der Waals surface area contributed by atoms with Crippen molar-refractivity contribution in [3.8, 4) is 28.7 Å². The predicted octanol–water partition coefficient (Wildman–Crippen LogP) is 4.40. The van der Waals surface area contributed by atoms with E-state index in [1.165, 1.54) is 11.8 Å². The smallest absolute Gasteiger partial charge is 0.231 e. The van der Waals surface area contributed by atoms with Gasteiger partial charge in [0.15, 0.2) is 11.5 Å². The van der Waals surface area contributed by atoms with Crippen molar-refractivity contribution >= 4 is 29.3 Å². The molecule has 1 aromatic heterocycles. The number of benzene rings is 2. The number of aromatic nitrogens is 1. The lowest BCUT2D eigenvalue weighted by atomic mass is 9.92. The Bertz CT molecular complexity index is 1320. The maximum absolute atomic E-state index is 12.6. The van der Waals surface area contributed by atoms with Crippen LogP contribution in [0.15, 0.2) is 47.5 Å². The van der Waals surface area contributed by atoms with Gasteiger partial charge < -0.3 is 19.7 Å². The number of carbonyl (C=O) groups excluding carboxylic acids is 1. The number of amides is 1. The highest BCUT2D eigenvalue weighted by Crippen LogP contribution is 2.37. The third-order valence-electron chi connectivity index (χ3n) is 6.02. The number of carbonyl (C=O) groups is 1. The molecule has 3 aromatic rings. The van der Waals surface area contributed by atoms with Crippen LogP contribution < -0.4 is 14.8 Å². The Kier molecular flexibility index (Phi) is 6.82. The molecule has 0 aliphatic carbocycles. The molecule has 2 aromatic carbocycles. The van der Waals surface area contributed by atoms with Crippen molar-refractivity contribution in [2.45, 2.75) is 24.5 Å². The van der Waals surface area contributed by atoms with E-state index in [4.69, 9.17) is 26.1 Å². The van der Waals surface area contributed by atoms with Crippen LogP contribution in [-0.4, -0.2) is 41.9 Å². The molecule has 35 heavy (non-hydrogen) atoms. The number of nitrogens with zero attached hydrogens (tertiary/aromatic N) is 3. The van der Waals surface area contributed by atoms with Crippen LogP contribution in [0.4, 0.5) is 0 Å². The summed E-state index contributed by atoms with van der Waals surface area (Å²) < 4.78 is 10.7. The van der Waals surface area contributed by atoms with Crippen molar-refractivity contribution in [2.24, 2.45) is 0 Å². The molecule has 1 amide bonds. The first-order chi connectivity index (χ1) is 17.0. The van der Waals surface area contributed by atoms with E-state index in [1.807, 2.05) is 42.5 Å². The second-order valence-corrected chi connectivity index (χ2v) is 9.85. The Balaban J connectivity index is 1.35. The van der Waals surface area contributed by atoms with Gasteiger partial charge in [-0.3, -0.25) is 4.79 Å². The Morgan fingerprint density at radius 2 is 2.03 bits per heavy atom. The van der Waals surface area contributed by atoms with E-state index in [2.05, 4.69) is 23.3 Å². The summed E-state index contributed by atoms with van der Waals surface area (Å²) in [5, 5.41) is 14.3. The highest BCUT2D eigenvalue weighted by Gasteiger charge is 2.25. The maximum Gasteiger partial charge on any atom is 0.231 e. The number of pyridine rings is 1. The van der Waals surface area contributed by atoms with E-state index < -0.39 is 0 Å². The van der Waals surface area contributed by atoms with Crippen LogP contribution in [0.25, 0.3) is 11.1 Å². The van der Waals surface area contributed by atoms with E-state index in [1.54, 1.807) is 0 Å². The van der Waals surface area contributed by atoms with Crippen molar-refractivity contribution in [3.05, 3.63) is 69.9 Å². The molecular weight excluding hydrogens is 484 g/mol. The van der Waals surface area contributed by atoms with Gasteiger partial charge in [0.25, 0.3) is 0 Å². The summed E-state index contributed by atoms with van der Waals surface area (Å²) in [6.45, 7) is 2.20. The van der Waals surface area contributed by atoms with E-state index in [9.17, 15) is 10.1 Å². The van der Waals surface area contributed by atoms with Gasteiger partial charge in [0, 0.05) is 42.3 Å². The summed E-state index contributed by atoms with van der Waals surface area (Å²) >= 11 is 7.40. The van der Waals surface area contributed by atoms with Crippen molar-refractivity contribution in [1.29, 1.82) is 5.26 Å². The molecule has 0 radical (unpaired) electrons. The van der Waals surface area contributed by atoms with Crippen molar-refractivity contribution < 1.29 is 14.3 Å². The summed E-state index contributed by atoms with van der Waals surface area (Å²) in [6.07, 6.45) is 0.794. The molecule has 5 rings (SSSR count). The molecule has 0 fully saturated rings. The summed E-state index contributed by atoms with van der Waals surface area (Å²) in [4.78, 5) is 19.7. The topological polar surface area (TPSA) is 87.5 Å². The molecule has 9 heteroatoms. The summed E-state index contributed by atoms with van der Waals surface area (Å²) in [5.41, 5.74) is 5.27. The number of nitriles is 1. The van der Waals surface area contributed by atoms with Crippen LogP contribution in [0.5, 0.6) is 11.5 Å². The Morgan fingerprint density at radius 3 is 2.83 bits per heavy atom. The molecule has 0 unspecified atom stereocenters. The van der Waals surface area contributed by atoms with Gasteiger partial charge in [-0.05, 0) is 48.0 Å². The molecule has 3 heterocycles. The zero-order valence-electron chi connectivity index (χ0n) is 19.1. The lowest BCUT2D eigenvalue weighted by molar-refractivity contribution is -0.118. The minimum absolute atomic E-state index is 0.135. The predicted molar refractivity (Wildman–Crippen MR) is 135 cm³/mol. The van der Waals surface area contributed by atoms with Gasteiger partial charge in [-0.25, -0.2) is 4.98 Å². The second-order valence-electron chi connectivity index (χ2n) is 8.45. The molecule has 2 aliphatic rings. The number of nitrogens with one attached hydrogen (secondary N) is 1. The average molecular weight is 507 g/mol. The van der Waals surface area contributed by atoms with Gasteiger partial charge in [0.2, 0.25) is 12.7 Å². The third kappa shape index (κ3) is 5.08. The third-order valence-corrected chi connectivity index (χ3v) is 7.25. The van der Waals surface area contributed by atoms with Gasteiger partial charge in [0.1, 0.15) is 11.1 Å². The van der Waals surface area contributed by atoms with Gasteiger partial charge in [0.05, 0.1) is 11.3 Å². The molecule has 7 nitrogen and oxygen atoms in total. The Labute approximate surface area is 213 Å². The number of thioether (sulfide) groups is 1. The zero-order valence-corrected chi connectivity index (χ0v) is 20.7. The lowest BCUT2D eigenvalue weighted by Gasteiger charge is -2.28. The van der Waals surface area contributed by atoms with Crippen molar-refractivity contribution in [2.75, 3.05) is 26.1 Å². The van der Waals surface area contributed by atoms with Gasteiger partial charge in [-0.2, -0.15) is 5.26 Å². The number of hydrogen-bond donors (Lipinski definition) is 1. The molecule has 2 aliphatic heterocycles. The highest BCUT2D eigenvalue weighted by molar-refractivity contribution is 8.00. The summed E-state index contributed by atoms with van der Waals surface area (Å²) in [5.74, 6) is 1.42. The maximum atomic E-state index is 12.6. The van der Waals surface area contributed by atoms with Crippen LogP contribution >= 0.6 is 23.4 Å². The van der Waals surface area contributed by atoms with E-state index in [-0.39, 0.29) is 18.5 Å². The first-order valence-electron chi connectivity index (χ1n) is 11.2. The van der Waals surface area contributed by atoms with E-state index in [0.717, 1.165) is 47.5 Å². The lowest BCUT2D eigenvalue weighted by Crippen LogP contribution is -2.28. The van der Waals surface area contributed by atoms with Crippen LogP contribution in [0.3, 0.4) is 0 Å². The molecular formula is C26H23ClN4O3S. The molecule has 178 valence electrons. The molecule has 1 N–H and O–H groups in total. The number of hydrogen-bond acceptors (Lipinski definition) is 7. The minimum Gasteiger partial charge on any atom is -0.454 e. The molecule has 0 atom stereocenters. The standard InChI is InChI=1S/C26H23ClN4O3S/c1-31-9-8-21-20(13-31)25(17-3-5-18(27)6-4-17)19(11-28)26(30-21)35-14-24(32)29-12-16-2-7-22-23(10-16)34-15-33-22/h2-7,10H,8-9,12-15H2,1H3,(H,29,32). The normalized spacial score (nSPS) is 14.3. The highest BCUT2D eigenvalue weighted by atomic mass is 35.5. The van der Waals surface area contributed by atoms with Crippen molar-refractivity contribution in [1.82, 2.24) is 15.2 Å². The Hall–Kier alpha value is -3.25. The number of rotatable bonds is 6. The fraction of sp³-hybridized carbons (Fsp3) is 0.269. The first-order valence-corrected chi connectivity index (χ1v) is 12.6. The van der Waals surface area contributed by atoms with Gasteiger partial charge >= 0.3 is 0 Å². The van der Waals surface area contributed by atoms with Crippen LogP contribution in [0.2, 0.25) is 5.02 Å². The van der Waals surface area contributed by atoms with E-state index >= 15 is 0 Å². The quantitative estimate of drug-likeness (QED) is 0.496. The van der Waals surface area contributed by atoms with Crippen LogP contribution in [-0.2, 0) is 24.3 Å². The van der Waals surface area contributed by atoms with E-state index in [0.29, 0.717) is 33.7 Å². The number of fused-ring (bicyclic) bond motifs is 2. The molecule has 0 saturated heterocycles.